The number of rotatable bonds is 3. The zero-order chi connectivity index (χ0) is 15.4. The van der Waals surface area contributed by atoms with Crippen molar-refractivity contribution < 1.29 is 0 Å². The average Bonchev–Trinajstić information content (AvgIpc) is 2.43. The van der Waals surface area contributed by atoms with Gasteiger partial charge in [-0.15, -0.1) is 0 Å². The highest BCUT2D eigenvalue weighted by Crippen LogP contribution is 2.16. The smallest absolute Gasteiger partial charge is 0.171 e. The minimum absolute atomic E-state index is 0.178. The molecule has 2 nitrogen and oxygen atoms in total. The van der Waals surface area contributed by atoms with Crippen LogP contribution in [0.4, 0.5) is 5.69 Å². The summed E-state index contributed by atoms with van der Waals surface area (Å²) in [4.78, 5) is 0. The van der Waals surface area contributed by atoms with E-state index in [0.717, 1.165) is 5.69 Å². The molecule has 3 heteroatoms. The summed E-state index contributed by atoms with van der Waals surface area (Å²) >= 11 is 5.39. The number of nitrogens with one attached hydrogen (secondary N) is 2. The molecule has 0 unspecified atom stereocenters. The monoisotopic (exact) mass is 298 g/mol. The van der Waals surface area contributed by atoms with Crippen molar-refractivity contribution in [3.05, 3.63) is 64.7 Å². The third kappa shape index (κ3) is 4.30. The van der Waals surface area contributed by atoms with Crippen molar-refractivity contribution >= 4 is 23.0 Å². The van der Waals surface area contributed by atoms with E-state index in [9.17, 15) is 0 Å². The Labute approximate surface area is 132 Å². The quantitative estimate of drug-likeness (QED) is 0.806. The molecule has 2 aromatic rings. The summed E-state index contributed by atoms with van der Waals surface area (Å²) in [5.41, 5.74) is 6.06. The van der Waals surface area contributed by atoms with Gasteiger partial charge in [0.15, 0.2) is 5.11 Å². The fourth-order valence-corrected chi connectivity index (χ4v) is 2.42. The molecule has 0 bridgehead atoms. The molecule has 0 fully saturated rings. The molecule has 0 aliphatic heterocycles. The minimum atomic E-state index is 0.178. The van der Waals surface area contributed by atoms with Gasteiger partial charge in [-0.25, -0.2) is 0 Å². The molecule has 2 N–H and O–H groups in total. The topological polar surface area (TPSA) is 24.1 Å². The highest BCUT2D eigenvalue weighted by molar-refractivity contribution is 7.80. The molecular formula is C18H22N2S. The van der Waals surface area contributed by atoms with Crippen molar-refractivity contribution in [2.24, 2.45) is 0 Å². The molecule has 0 aromatic heterocycles. The highest BCUT2D eigenvalue weighted by Gasteiger charge is 2.07. The van der Waals surface area contributed by atoms with Crippen LogP contribution in [0.15, 0.2) is 42.5 Å². The molecule has 1 atom stereocenters. The Morgan fingerprint density at radius 2 is 1.62 bits per heavy atom. The number of benzene rings is 2. The van der Waals surface area contributed by atoms with E-state index in [1.807, 2.05) is 6.07 Å². The maximum atomic E-state index is 5.39. The maximum Gasteiger partial charge on any atom is 0.171 e. The van der Waals surface area contributed by atoms with Crippen LogP contribution in [0, 0.1) is 20.8 Å². The largest absolute Gasteiger partial charge is 0.356 e. The second-order valence-electron chi connectivity index (χ2n) is 5.53. The fraction of sp³-hybridized carbons (Fsp3) is 0.278. The molecule has 0 saturated heterocycles. The Bertz CT molecular complexity index is 632. The van der Waals surface area contributed by atoms with E-state index in [1.165, 1.54) is 22.3 Å². The molecular weight excluding hydrogens is 276 g/mol. The number of aryl methyl sites for hydroxylation is 3. The van der Waals surface area contributed by atoms with Crippen molar-refractivity contribution in [3.63, 3.8) is 0 Å². The lowest BCUT2D eigenvalue weighted by Gasteiger charge is -2.18. The van der Waals surface area contributed by atoms with E-state index >= 15 is 0 Å². The summed E-state index contributed by atoms with van der Waals surface area (Å²) in [6.45, 7) is 8.41. The van der Waals surface area contributed by atoms with Gasteiger partial charge in [0, 0.05) is 5.69 Å². The zero-order valence-electron chi connectivity index (χ0n) is 13.0. The van der Waals surface area contributed by atoms with Crippen molar-refractivity contribution in [3.8, 4) is 0 Å². The standard InChI is InChI=1S/C18H22N2S/c1-12-5-8-16(9-6-12)15(4)19-18(21)20-17-10-7-13(2)14(3)11-17/h5-11,15H,1-4H3,(H2,19,20,21)/t15-/m1/s1. The van der Waals surface area contributed by atoms with E-state index in [2.05, 4.69) is 74.7 Å². The van der Waals surface area contributed by atoms with Gasteiger partial charge in [-0.1, -0.05) is 35.9 Å². The predicted octanol–water partition coefficient (Wildman–Crippen LogP) is 4.66. The van der Waals surface area contributed by atoms with Gasteiger partial charge >= 0.3 is 0 Å². The van der Waals surface area contributed by atoms with Crippen LogP contribution in [0.5, 0.6) is 0 Å². The Kier molecular flexibility index (Phi) is 4.97. The van der Waals surface area contributed by atoms with Crippen molar-refractivity contribution in [1.82, 2.24) is 5.32 Å². The van der Waals surface area contributed by atoms with E-state index < -0.39 is 0 Å². The lowest BCUT2D eigenvalue weighted by molar-refractivity contribution is 0.722. The minimum Gasteiger partial charge on any atom is -0.356 e. The van der Waals surface area contributed by atoms with Gasteiger partial charge in [-0.05, 0) is 68.7 Å². The van der Waals surface area contributed by atoms with Gasteiger partial charge < -0.3 is 10.6 Å². The second kappa shape index (κ2) is 6.72. The Morgan fingerprint density at radius 3 is 2.24 bits per heavy atom. The summed E-state index contributed by atoms with van der Waals surface area (Å²) in [6, 6.07) is 14.9. The number of anilines is 1. The first kappa shape index (κ1) is 15.5. The fourth-order valence-electron chi connectivity index (χ4n) is 2.12. The summed E-state index contributed by atoms with van der Waals surface area (Å²) in [6.07, 6.45) is 0. The lowest BCUT2D eigenvalue weighted by Crippen LogP contribution is -2.30. The molecule has 110 valence electrons. The van der Waals surface area contributed by atoms with Crippen molar-refractivity contribution in [1.29, 1.82) is 0 Å². The summed E-state index contributed by atoms with van der Waals surface area (Å²) < 4.78 is 0. The average molecular weight is 298 g/mol. The third-order valence-corrected chi connectivity index (χ3v) is 3.91. The van der Waals surface area contributed by atoms with Gasteiger partial charge in [-0.2, -0.15) is 0 Å². The Morgan fingerprint density at radius 1 is 0.952 bits per heavy atom. The van der Waals surface area contributed by atoms with Gasteiger partial charge in [0.1, 0.15) is 0 Å². The van der Waals surface area contributed by atoms with Crippen LogP contribution in [-0.2, 0) is 0 Å². The predicted molar refractivity (Wildman–Crippen MR) is 94.9 cm³/mol. The highest BCUT2D eigenvalue weighted by atomic mass is 32.1. The maximum absolute atomic E-state index is 5.39. The first-order valence-corrected chi connectivity index (χ1v) is 7.58. The van der Waals surface area contributed by atoms with E-state index in [4.69, 9.17) is 12.2 Å². The zero-order valence-corrected chi connectivity index (χ0v) is 13.8. The number of hydrogen-bond donors (Lipinski definition) is 2. The third-order valence-electron chi connectivity index (χ3n) is 3.69. The van der Waals surface area contributed by atoms with E-state index in [-0.39, 0.29) is 6.04 Å². The van der Waals surface area contributed by atoms with Crippen LogP contribution >= 0.6 is 12.2 Å². The van der Waals surface area contributed by atoms with Crippen LogP contribution in [0.3, 0.4) is 0 Å². The molecule has 0 saturated carbocycles. The molecule has 2 aromatic carbocycles. The van der Waals surface area contributed by atoms with Crippen molar-refractivity contribution in [2.75, 3.05) is 5.32 Å². The van der Waals surface area contributed by atoms with Crippen LogP contribution in [-0.4, -0.2) is 5.11 Å². The Balaban J connectivity index is 1.97. The molecule has 0 radical (unpaired) electrons. The molecule has 0 aliphatic rings. The summed E-state index contributed by atoms with van der Waals surface area (Å²) in [7, 11) is 0. The van der Waals surface area contributed by atoms with E-state index in [0.29, 0.717) is 5.11 Å². The SMILES string of the molecule is Cc1ccc([C@@H](C)NC(=S)Nc2ccc(C)c(C)c2)cc1. The molecule has 21 heavy (non-hydrogen) atoms. The molecule has 0 heterocycles. The number of thiocarbonyl (C=S) groups is 1. The van der Waals surface area contributed by atoms with Crippen LogP contribution < -0.4 is 10.6 Å². The Hall–Kier alpha value is -1.87. The van der Waals surface area contributed by atoms with Crippen molar-refractivity contribution in [2.45, 2.75) is 33.7 Å². The van der Waals surface area contributed by atoms with E-state index in [1.54, 1.807) is 0 Å². The molecule has 0 aliphatic carbocycles. The van der Waals surface area contributed by atoms with Gasteiger partial charge in [-0.3, -0.25) is 0 Å². The van der Waals surface area contributed by atoms with Gasteiger partial charge in [0.05, 0.1) is 6.04 Å². The van der Waals surface area contributed by atoms with Crippen LogP contribution in [0.2, 0.25) is 0 Å². The summed E-state index contributed by atoms with van der Waals surface area (Å²) in [5.74, 6) is 0. The first-order chi connectivity index (χ1) is 9.95. The lowest BCUT2D eigenvalue weighted by atomic mass is 10.1. The normalized spacial score (nSPS) is 11.8. The van der Waals surface area contributed by atoms with Gasteiger partial charge in [0.2, 0.25) is 0 Å². The summed E-state index contributed by atoms with van der Waals surface area (Å²) in [5, 5.41) is 7.21. The molecule has 0 spiro atoms. The van der Waals surface area contributed by atoms with Crippen LogP contribution in [0.1, 0.15) is 35.2 Å². The second-order valence-corrected chi connectivity index (χ2v) is 5.94. The molecule has 0 amide bonds. The molecule has 2 rings (SSSR count). The first-order valence-electron chi connectivity index (χ1n) is 7.17. The number of hydrogen-bond acceptors (Lipinski definition) is 1. The van der Waals surface area contributed by atoms with Gasteiger partial charge in [0.25, 0.3) is 0 Å². The van der Waals surface area contributed by atoms with Crippen LogP contribution in [0.25, 0.3) is 0 Å².